The zero-order valence-corrected chi connectivity index (χ0v) is 33.7. The first-order chi connectivity index (χ1) is 29.0. The predicted molar refractivity (Wildman–Crippen MR) is 225 cm³/mol. The number of urea groups is 1. The Kier molecular flexibility index (Phi) is 11.1. The number of imide groups is 1. The lowest BCUT2D eigenvalue weighted by Crippen LogP contribution is -2.63. The first-order valence-corrected chi connectivity index (χ1v) is 20.3. The fourth-order valence-corrected chi connectivity index (χ4v) is 8.62. The Morgan fingerprint density at radius 1 is 0.800 bits per heavy atom. The van der Waals surface area contributed by atoms with E-state index < -0.39 is 22.6 Å². The van der Waals surface area contributed by atoms with E-state index in [1.807, 2.05) is 67.6 Å². The summed E-state index contributed by atoms with van der Waals surface area (Å²) >= 11 is 0. The molecule has 0 radical (unpaired) electrons. The number of hydrogen-bond acceptors (Lipinski definition) is 8. The molecule has 0 bridgehead atoms. The van der Waals surface area contributed by atoms with Gasteiger partial charge < -0.3 is 24.9 Å². The van der Waals surface area contributed by atoms with Gasteiger partial charge in [-0.25, -0.2) is 19.6 Å². The van der Waals surface area contributed by atoms with Crippen molar-refractivity contribution in [1.29, 1.82) is 0 Å². The molecule has 0 aliphatic carbocycles. The van der Waals surface area contributed by atoms with Gasteiger partial charge in [0.25, 0.3) is 0 Å². The molecule has 0 saturated carbocycles. The highest BCUT2D eigenvalue weighted by atomic mass is 16.4. The summed E-state index contributed by atoms with van der Waals surface area (Å²) in [5.41, 5.74) is 4.68. The molecule has 6 aromatic rings. The van der Waals surface area contributed by atoms with Crippen molar-refractivity contribution in [1.82, 2.24) is 30.5 Å². The van der Waals surface area contributed by atoms with Gasteiger partial charge in [-0.05, 0) is 67.3 Å². The van der Waals surface area contributed by atoms with Crippen LogP contribution in [0.1, 0.15) is 81.5 Å². The van der Waals surface area contributed by atoms with Crippen LogP contribution in [0.5, 0.6) is 0 Å². The van der Waals surface area contributed by atoms with Crippen LogP contribution in [0.3, 0.4) is 0 Å². The molecule has 4 heterocycles. The molecule has 60 heavy (non-hydrogen) atoms. The lowest BCUT2D eigenvalue weighted by molar-refractivity contribution is -0.783. The standard InChI is InChI=1S/C46H46N8O6/c1-28-13-12-24-54(28,45(58)41(49-30(3)56)32-16-8-5-9-17-32)46(59)50-35-19-10-18-34(25-35)43-47-27-39(60-43)33-21-22-36-37(26-33)52-42(51-36)38-20-11-23-53(38)44(57)40(48-29(2)55)31-14-6-4-7-15-31/h4-10,14-19,21-22,25-28,38,40-41H,11-13,20,23-24H2,1-3H3,(H3-,48,49,50,51,52,55,56,59)/p+1/t28-,38+,40-,41-,54?/m1/s1. The van der Waals surface area contributed by atoms with Crippen LogP contribution in [0.15, 0.2) is 114 Å². The SMILES string of the molecule is CC(=O)N[C@@H](C(=O)N1CCC[C@H]1c1nc2ccc(-c3cnc(-c4cccc(NC(=O)[N+]5(C(=O)[C@H](NC(C)=O)c6ccccc6)CCC[C@H]5C)c4)o3)cc2[nH]1)c1ccccc1. The Labute approximate surface area is 347 Å². The van der Waals surface area contributed by atoms with E-state index in [2.05, 4.69) is 25.9 Å². The Balaban J connectivity index is 1.00. The summed E-state index contributed by atoms with van der Waals surface area (Å²) in [7, 11) is 0. The van der Waals surface area contributed by atoms with Crippen molar-refractivity contribution in [2.24, 2.45) is 0 Å². The number of imidazole rings is 1. The molecule has 6 amide bonds. The van der Waals surface area contributed by atoms with Gasteiger partial charge in [-0.1, -0.05) is 66.7 Å². The fraction of sp³-hybridized carbons (Fsp3) is 0.283. The van der Waals surface area contributed by atoms with E-state index in [-0.39, 0.29) is 35.7 Å². The smallest absolute Gasteiger partial charge is 0.428 e. The summed E-state index contributed by atoms with van der Waals surface area (Å²) in [5, 5.41) is 8.62. The van der Waals surface area contributed by atoms with E-state index in [1.165, 1.54) is 13.8 Å². The van der Waals surface area contributed by atoms with Crippen molar-refractivity contribution in [3.63, 3.8) is 0 Å². The summed E-state index contributed by atoms with van der Waals surface area (Å²) in [6.07, 6.45) is 4.53. The quantitative estimate of drug-likeness (QED) is 0.104. The number of carbonyl (C=O) groups is 5. The van der Waals surface area contributed by atoms with Crippen LogP contribution in [0.25, 0.3) is 33.8 Å². The van der Waals surface area contributed by atoms with Crippen LogP contribution in [0.4, 0.5) is 10.5 Å². The third-order valence-electron chi connectivity index (χ3n) is 11.6. The topological polar surface area (TPSA) is 179 Å². The molecule has 8 rings (SSSR count). The highest BCUT2D eigenvalue weighted by Crippen LogP contribution is 2.37. The Morgan fingerprint density at radius 3 is 2.18 bits per heavy atom. The lowest BCUT2D eigenvalue weighted by Gasteiger charge is -2.35. The number of nitrogens with one attached hydrogen (secondary N) is 4. The molecule has 2 aliphatic heterocycles. The molecule has 14 heteroatoms. The number of carbonyl (C=O) groups excluding carboxylic acids is 5. The number of likely N-dealkylation sites (tertiary alicyclic amines) is 2. The van der Waals surface area contributed by atoms with Crippen molar-refractivity contribution >= 4 is 46.4 Å². The van der Waals surface area contributed by atoms with E-state index in [4.69, 9.17) is 9.40 Å². The van der Waals surface area contributed by atoms with E-state index in [1.54, 1.807) is 53.6 Å². The van der Waals surface area contributed by atoms with Crippen LogP contribution in [-0.2, 0) is 19.2 Å². The first-order valence-electron chi connectivity index (χ1n) is 20.3. The maximum atomic E-state index is 14.4. The number of rotatable bonds is 10. The van der Waals surface area contributed by atoms with Crippen molar-refractivity contribution in [3.8, 4) is 22.8 Å². The molecule has 306 valence electrons. The number of nitrogens with zero attached hydrogens (tertiary/aromatic N) is 4. The minimum Gasteiger partial charge on any atom is -0.436 e. The van der Waals surface area contributed by atoms with Crippen molar-refractivity contribution in [2.75, 3.05) is 18.4 Å². The number of fused-ring (bicyclic) bond motifs is 1. The monoisotopic (exact) mass is 807 g/mol. The van der Waals surface area contributed by atoms with Gasteiger partial charge in [0.05, 0.1) is 29.8 Å². The third kappa shape index (κ3) is 7.81. The Hall–Kier alpha value is -6.93. The number of hydrogen-bond donors (Lipinski definition) is 4. The van der Waals surface area contributed by atoms with Gasteiger partial charge >= 0.3 is 11.9 Å². The molecule has 0 spiro atoms. The van der Waals surface area contributed by atoms with E-state index in [0.29, 0.717) is 60.2 Å². The van der Waals surface area contributed by atoms with E-state index in [0.717, 1.165) is 35.0 Å². The summed E-state index contributed by atoms with van der Waals surface area (Å²) in [4.78, 5) is 81.7. The highest BCUT2D eigenvalue weighted by Gasteiger charge is 2.55. The molecule has 2 saturated heterocycles. The van der Waals surface area contributed by atoms with Crippen LogP contribution < -0.4 is 16.0 Å². The Morgan fingerprint density at radius 2 is 1.50 bits per heavy atom. The van der Waals surface area contributed by atoms with Gasteiger partial charge in [-0.3, -0.25) is 19.7 Å². The number of oxazole rings is 1. The van der Waals surface area contributed by atoms with Crippen LogP contribution >= 0.6 is 0 Å². The number of aromatic amines is 1. The molecule has 2 aromatic heterocycles. The van der Waals surface area contributed by atoms with Crippen molar-refractivity contribution < 1.29 is 32.9 Å². The third-order valence-corrected chi connectivity index (χ3v) is 11.6. The molecule has 1 unspecified atom stereocenters. The molecule has 14 nitrogen and oxygen atoms in total. The van der Waals surface area contributed by atoms with Gasteiger partial charge in [0.1, 0.15) is 17.9 Å². The lowest BCUT2D eigenvalue weighted by atomic mass is 10.0. The summed E-state index contributed by atoms with van der Waals surface area (Å²) in [6, 6.07) is 28.2. The fourth-order valence-electron chi connectivity index (χ4n) is 8.62. The number of quaternary nitrogens is 1. The molecular formula is C46H47N8O6+. The second-order valence-electron chi connectivity index (χ2n) is 15.6. The number of benzene rings is 4. The maximum Gasteiger partial charge on any atom is 0.428 e. The number of amides is 6. The van der Waals surface area contributed by atoms with Crippen molar-refractivity contribution in [2.45, 2.75) is 70.6 Å². The average molecular weight is 808 g/mol. The van der Waals surface area contributed by atoms with Gasteiger partial charge in [-0.2, -0.15) is 4.48 Å². The predicted octanol–water partition coefficient (Wildman–Crippen LogP) is 7.36. The molecular weight excluding hydrogens is 761 g/mol. The molecule has 4 N–H and O–H groups in total. The van der Waals surface area contributed by atoms with Gasteiger partial charge in [0, 0.05) is 50.0 Å². The van der Waals surface area contributed by atoms with Crippen LogP contribution in [0, 0.1) is 0 Å². The summed E-state index contributed by atoms with van der Waals surface area (Å²) < 4.78 is 5.82. The normalized spacial score (nSPS) is 19.8. The van der Waals surface area contributed by atoms with Gasteiger partial charge in [0.15, 0.2) is 11.8 Å². The summed E-state index contributed by atoms with van der Waals surface area (Å²) in [5.74, 6) is 0.298. The van der Waals surface area contributed by atoms with E-state index >= 15 is 0 Å². The second-order valence-corrected chi connectivity index (χ2v) is 15.6. The molecule has 4 aromatic carbocycles. The largest absolute Gasteiger partial charge is 0.436 e. The number of aromatic nitrogens is 3. The van der Waals surface area contributed by atoms with E-state index in [9.17, 15) is 24.0 Å². The van der Waals surface area contributed by atoms with Crippen LogP contribution in [0.2, 0.25) is 0 Å². The molecule has 2 fully saturated rings. The van der Waals surface area contributed by atoms with Crippen LogP contribution in [-0.4, -0.2) is 73.1 Å². The first kappa shape index (κ1) is 39.9. The Bertz CT molecular complexity index is 2570. The maximum absolute atomic E-state index is 14.4. The second kappa shape index (κ2) is 16.7. The molecule has 2 aliphatic rings. The van der Waals surface area contributed by atoms with Crippen molar-refractivity contribution in [3.05, 3.63) is 126 Å². The van der Waals surface area contributed by atoms with Gasteiger partial charge in [0.2, 0.25) is 23.6 Å². The number of anilines is 1. The zero-order valence-electron chi connectivity index (χ0n) is 33.7. The van der Waals surface area contributed by atoms with Gasteiger partial charge in [-0.15, -0.1) is 0 Å². The molecule has 5 atom stereocenters. The average Bonchev–Trinajstić information content (AvgIpc) is 4.08. The highest BCUT2D eigenvalue weighted by molar-refractivity contribution is 5.96. The summed E-state index contributed by atoms with van der Waals surface area (Å²) in [6.45, 7) is 5.53. The zero-order chi connectivity index (χ0) is 42.0. The number of H-pyrrole nitrogens is 1. The minimum atomic E-state index is -0.991. The minimum absolute atomic E-state index is 0.184.